The number of nitrogens with zero attached hydrogens (tertiary/aromatic N) is 1. The summed E-state index contributed by atoms with van der Waals surface area (Å²) in [6, 6.07) is 9.52. The third-order valence-corrected chi connectivity index (χ3v) is 3.87. The fourth-order valence-corrected chi connectivity index (χ4v) is 2.79. The molecule has 19 heavy (non-hydrogen) atoms. The Bertz CT molecular complexity index is 685. The van der Waals surface area contributed by atoms with Crippen molar-refractivity contribution in [1.82, 2.24) is 4.57 Å². The van der Waals surface area contributed by atoms with Gasteiger partial charge in [-0.3, -0.25) is 9.36 Å². The fourth-order valence-electron chi connectivity index (χ4n) is 2.79. The highest BCUT2D eigenvalue weighted by Gasteiger charge is 2.14. The SMILES string of the molecule is Nc1cc2ccccc2c(=O)n1CC1CC=CCC1. The van der Waals surface area contributed by atoms with Gasteiger partial charge in [-0.05, 0) is 42.7 Å². The highest BCUT2D eigenvalue weighted by atomic mass is 16.1. The summed E-state index contributed by atoms with van der Waals surface area (Å²) in [5, 5.41) is 1.67. The first-order valence-electron chi connectivity index (χ1n) is 6.79. The van der Waals surface area contributed by atoms with E-state index in [1.165, 1.54) is 0 Å². The molecule has 0 saturated carbocycles. The Morgan fingerprint density at radius 3 is 2.89 bits per heavy atom. The minimum Gasteiger partial charge on any atom is -0.385 e. The predicted octanol–water partition coefficient (Wildman–Crippen LogP) is 2.94. The molecule has 0 bridgehead atoms. The van der Waals surface area contributed by atoms with Crippen LogP contribution < -0.4 is 11.3 Å². The molecule has 1 aromatic carbocycles. The second-order valence-corrected chi connectivity index (χ2v) is 5.22. The maximum absolute atomic E-state index is 12.5. The number of fused-ring (bicyclic) bond motifs is 1. The number of hydrogen-bond donors (Lipinski definition) is 1. The Balaban J connectivity index is 2.03. The molecule has 0 aliphatic heterocycles. The highest BCUT2D eigenvalue weighted by molar-refractivity contribution is 5.83. The molecule has 98 valence electrons. The van der Waals surface area contributed by atoms with Gasteiger partial charge in [0.2, 0.25) is 0 Å². The van der Waals surface area contributed by atoms with Crippen molar-refractivity contribution >= 4 is 16.6 Å². The van der Waals surface area contributed by atoms with Gasteiger partial charge in [0.05, 0.1) is 0 Å². The van der Waals surface area contributed by atoms with Gasteiger partial charge >= 0.3 is 0 Å². The van der Waals surface area contributed by atoms with Crippen molar-refractivity contribution in [1.29, 1.82) is 0 Å². The molecule has 0 saturated heterocycles. The van der Waals surface area contributed by atoms with Crippen LogP contribution in [0, 0.1) is 5.92 Å². The molecule has 1 unspecified atom stereocenters. The zero-order valence-corrected chi connectivity index (χ0v) is 10.9. The van der Waals surface area contributed by atoms with E-state index in [4.69, 9.17) is 5.73 Å². The summed E-state index contributed by atoms with van der Waals surface area (Å²) in [6.07, 6.45) is 7.69. The average Bonchev–Trinajstić information content (AvgIpc) is 2.45. The summed E-state index contributed by atoms with van der Waals surface area (Å²) in [5.74, 6) is 1.09. The molecule has 3 nitrogen and oxygen atoms in total. The predicted molar refractivity (Wildman–Crippen MR) is 79.1 cm³/mol. The summed E-state index contributed by atoms with van der Waals surface area (Å²) in [6.45, 7) is 0.722. The van der Waals surface area contributed by atoms with Crippen LogP contribution in [0.3, 0.4) is 0 Å². The van der Waals surface area contributed by atoms with Gasteiger partial charge < -0.3 is 5.73 Å². The zero-order valence-electron chi connectivity index (χ0n) is 10.9. The Morgan fingerprint density at radius 1 is 1.26 bits per heavy atom. The monoisotopic (exact) mass is 254 g/mol. The second kappa shape index (κ2) is 4.92. The molecular formula is C16H18N2O. The van der Waals surface area contributed by atoms with Gasteiger partial charge in [0.15, 0.2) is 0 Å². The molecule has 1 aliphatic rings. The van der Waals surface area contributed by atoms with Crippen molar-refractivity contribution in [3.8, 4) is 0 Å². The molecule has 1 aromatic heterocycles. The average molecular weight is 254 g/mol. The molecule has 1 aliphatic carbocycles. The van der Waals surface area contributed by atoms with E-state index < -0.39 is 0 Å². The first-order valence-corrected chi connectivity index (χ1v) is 6.79. The van der Waals surface area contributed by atoms with Gasteiger partial charge in [-0.15, -0.1) is 0 Å². The van der Waals surface area contributed by atoms with Gasteiger partial charge in [0, 0.05) is 11.9 Å². The Morgan fingerprint density at radius 2 is 2.11 bits per heavy atom. The number of rotatable bonds is 2. The van der Waals surface area contributed by atoms with Crippen molar-refractivity contribution in [2.45, 2.75) is 25.8 Å². The maximum atomic E-state index is 12.5. The topological polar surface area (TPSA) is 48.0 Å². The van der Waals surface area contributed by atoms with Crippen LogP contribution in [-0.4, -0.2) is 4.57 Å². The van der Waals surface area contributed by atoms with E-state index >= 15 is 0 Å². The van der Waals surface area contributed by atoms with Crippen LogP contribution in [-0.2, 0) is 6.54 Å². The summed E-state index contributed by atoms with van der Waals surface area (Å²) in [7, 11) is 0. The first-order chi connectivity index (χ1) is 9.25. The quantitative estimate of drug-likeness (QED) is 0.838. The smallest absolute Gasteiger partial charge is 0.259 e. The van der Waals surface area contributed by atoms with Crippen LogP contribution in [0.1, 0.15) is 19.3 Å². The van der Waals surface area contributed by atoms with E-state index in [1.54, 1.807) is 4.57 Å². The molecule has 2 aromatic rings. The molecule has 3 heteroatoms. The number of nitrogens with two attached hydrogens (primary N) is 1. The Hall–Kier alpha value is -2.03. The third kappa shape index (κ3) is 2.28. The number of pyridine rings is 1. The van der Waals surface area contributed by atoms with Crippen LogP contribution in [0.4, 0.5) is 5.82 Å². The third-order valence-electron chi connectivity index (χ3n) is 3.87. The second-order valence-electron chi connectivity index (χ2n) is 5.22. The van der Waals surface area contributed by atoms with Crippen LogP contribution in [0.2, 0.25) is 0 Å². The molecular weight excluding hydrogens is 236 g/mol. The molecule has 2 N–H and O–H groups in total. The van der Waals surface area contributed by atoms with Crippen LogP contribution in [0.25, 0.3) is 10.8 Å². The number of hydrogen-bond acceptors (Lipinski definition) is 2. The van der Waals surface area contributed by atoms with E-state index in [2.05, 4.69) is 12.2 Å². The van der Waals surface area contributed by atoms with Crippen LogP contribution in [0.15, 0.2) is 47.3 Å². The maximum Gasteiger partial charge on any atom is 0.259 e. The van der Waals surface area contributed by atoms with Crippen molar-refractivity contribution in [2.24, 2.45) is 5.92 Å². The van der Waals surface area contributed by atoms with Crippen molar-refractivity contribution in [3.05, 3.63) is 52.8 Å². The summed E-state index contributed by atoms with van der Waals surface area (Å²) in [4.78, 5) is 12.5. The highest BCUT2D eigenvalue weighted by Crippen LogP contribution is 2.21. The largest absolute Gasteiger partial charge is 0.385 e. The van der Waals surface area contributed by atoms with Crippen molar-refractivity contribution in [2.75, 3.05) is 5.73 Å². The number of aromatic nitrogens is 1. The molecule has 0 fully saturated rings. The van der Waals surface area contributed by atoms with E-state index in [9.17, 15) is 4.79 Å². The van der Waals surface area contributed by atoms with E-state index in [-0.39, 0.29) is 5.56 Å². The fraction of sp³-hybridized carbons (Fsp3) is 0.312. The molecule has 1 atom stereocenters. The lowest BCUT2D eigenvalue weighted by Gasteiger charge is -2.20. The Labute approximate surface area is 112 Å². The molecule has 0 radical (unpaired) electrons. The molecule has 0 amide bonds. The zero-order chi connectivity index (χ0) is 13.2. The first kappa shape index (κ1) is 12.0. The normalized spacial score (nSPS) is 18.8. The minimum atomic E-state index is 0.0325. The van der Waals surface area contributed by atoms with Gasteiger partial charge in [-0.2, -0.15) is 0 Å². The van der Waals surface area contributed by atoms with Crippen molar-refractivity contribution < 1.29 is 0 Å². The standard InChI is InChI=1S/C16H18N2O/c17-15-10-13-8-4-5-9-14(13)16(19)18(15)11-12-6-2-1-3-7-12/h1-2,4-5,8-10,12H,3,6-7,11,17H2. The Kier molecular flexibility index (Phi) is 3.11. The lowest BCUT2D eigenvalue weighted by Crippen LogP contribution is -2.26. The van der Waals surface area contributed by atoms with Gasteiger partial charge in [-0.25, -0.2) is 0 Å². The number of benzene rings is 1. The molecule has 0 spiro atoms. The van der Waals surface area contributed by atoms with Crippen LogP contribution in [0.5, 0.6) is 0 Å². The number of nitrogen functional groups attached to an aromatic ring is 1. The van der Waals surface area contributed by atoms with Gasteiger partial charge in [0.25, 0.3) is 5.56 Å². The summed E-state index contributed by atoms with van der Waals surface area (Å²) < 4.78 is 1.73. The molecule has 3 rings (SSSR count). The molecule has 1 heterocycles. The van der Waals surface area contributed by atoms with Gasteiger partial charge in [-0.1, -0.05) is 30.4 Å². The summed E-state index contributed by atoms with van der Waals surface area (Å²) in [5.41, 5.74) is 6.08. The van der Waals surface area contributed by atoms with Crippen molar-refractivity contribution in [3.63, 3.8) is 0 Å². The van der Waals surface area contributed by atoms with E-state index in [0.29, 0.717) is 11.7 Å². The van der Waals surface area contributed by atoms with E-state index in [1.807, 2.05) is 30.3 Å². The van der Waals surface area contributed by atoms with Crippen LogP contribution >= 0.6 is 0 Å². The van der Waals surface area contributed by atoms with Gasteiger partial charge in [0.1, 0.15) is 5.82 Å². The minimum absolute atomic E-state index is 0.0325. The number of allylic oxidation sites excluding steroid dienone is 2. The van der Waals surface area contributed by atoms with E-state index in [0.717, 1.165) is 36.6 Å². The lowest BCUT2D eigenvalue weighted by atomic mass is 9.94. The summed E-state index contributed by atoms with van der Waals surface area (Å²) >= 11 is 0. The number of anilines is 1. The lowest BCUT2D eigenvalue weighted by molar-refractivity contribution is 0.408.